The van der Waals surface area contributed by atoms with E-state index in [2.05, 4.69) is 15.3 Å². The molecule has 1 atom stereocenters. The van der Waals surface area contributed by atoms with Crippen molar-refractivity contribution in [1.29, 1.82) is 0 Å². The molecule has 0 radical (unpaired) electrons. The molecule has 0 spiro atoms. The Morgan fingerprint density at radius 1 is 1.57 bits per heavy atom. The van der Waals surface area contributed by atoms with E-state index >= 15 is 0 Å². The summed E-state index contributed by atoms with van der Waals surface area (Å²) in [6, 6.07) is -0.375. The summed E-state index contributed by atoms with van der Waals surface area (Å²) < 4.78 is 22.8. The molecule has 0 unspecified atom stereocenters. The highest BCUT2D eigenvalue weighted by Gasteiger charge is 2.30. The molecule has 6 nitrogen and oxygen atoms in total. The second-order valence-corrected chi connectivity index (χ2v) is 8.47. The van der Waals surface area contributed by atoms with Crippen LogP contribution in [0.25, 0.3) is 0 Å². The van der Waals surface area contributed by atoms with Gasteiger partial charge in [-0.25, -0.2) is 18.4 Å². The van der Waals surface area contributed by atoms with Crippen molar-refractivity contribution < 1.29 is 13.2 Å². The Labute approximate surface area is 133 Å². The molecule has 1 N–H and O–H groups in total. The fourth-order valence-electron chi connectivity index (χ4n) is 1.94. The highest BCUT2D eigenvalue weighted by Crippen LogP contribution is 2.19. The maximum absolute atomic E-state index is 12.2. The topological polar surface area (TPSA) is 89.0 Å². The van der Waals surface area contributed by atoms with E-state index in [1.54, 1.807) is 0 Å². The number of amides is 1. The fourth-order valence-corrected chi connectivity index (χ4v) is 4.46. The number of hydrogen-bond donors (Lipinski definition) is 1. The SMILES string of the molecule is CCCSc1ncc(Cl)c(C(=O)N[C@@H]2CCS(=O)(=O)C2)n1. The van der Waals surface area contributed by atoms with Gasteiger partial charge in [-0.1, -0.05) is 30.3 Å². The zero-order chi connectivity index (χ0) is 15.5. The van der Waals surface area contributed by atoms with E-state index < -0.39 is 15.7 Å². The van der Waals surface area contributed by atoms with E-state index in [1.807, 2.05) is 6.92 Å². The molecule has 1 aromatic rings. The third-order valence-corrected chi connectivity index (χ3v) is 6.05. The Morgan fingerprint density at radius 3 is 2.95 bits per heavy atom. The van der Waals surface area contributed by atoms with Crippen molar-refractivity contribution in [2.75, 3.05) is 17.3 Å². The van der Waals surface area contributed by atoms with Gasteiger partial charge >= 0.3 is 0 Å². The Balaban J connectivity index is 2.08. The highest BCUT2D eigenvalue weighted by atomic mass is 35.5. The minimum absolute atomic E-state index is 0.0289. The van der Waals surface area contributed by atoms with Crippen molar-refractivity contribution in [2.45, 2.75) is 31.0 Å². The van der Waals surface area contributed by atoms with Gasteiger partial charge in [0.25, 0.3) is 5.91 Å². The first kappa shape index (κ1) is 16.5. The second kappa shape index (κ2) is 6.93. The second-order valence-electron chi connectivity index (χ2n) is 4.77. The predicted molar refractivity (Wildman–Crippen MR) is 82.6 cm³/mol. The predicted octanol–water partition coefficient (Wildman–Crippen LogP) is 1.55. The number of aromatic nitrogens is 2. The minimum Gasteiger partial charge on any atom is -0.347 e. The van der Waals surface area contributed by atoms with E-state index in [4.69, 9.17) is 11.6 Å². The smallest absolute Gasteiger partial charge is 0.271 e. The Kier molecular flexibility index (Phi) is 5.45. The summed E-state index contributed by atoms with van der Waals surface area (Å²) in [6.45, 7) is 2.04. The molecular formula is C12H16ClN3O3S2. The van der Waals surface area contributed by atoms with Crippen LogP contribution in [0.3, 0.4) is 0 Å². The first-order valence-corrected chi connectivity index (χ1v) is 9.76. The van der Waals surface area contributed by atoms with Crippen LogP contribution in [0.4, 0.5) is 0 Å². The summed E-state index contributed by atoms with van der Waals surface area (Å²) in [6.07, 6.45) is 2.79. The average molecular weight is 350 g/mol. The zero-order valence-electron chi connectivity index (χ0n) is 11.5. The third kappa shape index (κ3) is 4.55. The van der Waals surface area contributed by atoms with Gasteiger partial charge < -0.3 is 5.32 Å². The molecule has 21 heavy (non-hydrogen) atoms. The number of halogens is 1. The van der Waals surface area contributed by atoms with Crippen molar-refractivity contribution in [3.05, 3.63) is 16.9 Å². The number of sulfone groups is 1. The van der Waals surface area contributed by atoms with E-state index in [-0.39, 0.29) is 28.3 Å². The molecule has 1 fully saturated rings. The number of hydrogen-bond acceptors (Lipinski definition) is 6. The molecule has 0 aliphatic carbocycles. The number of nitrogens with zero attached hydrogens (tertiary/aromatic N) is 2. The van der Waals surface area contributed by atoms with Gasteiger partial charge in [-0.15, -0.1) is 0 Å². The van der Waals surface area contributed by atoms with Crippen LogP contribution in [0.5, 0.6) is 0 Å². The largest absolute Gasteiger partial charge is 0.347 e. The molecule has 1 aromatic heterocycles. The van der Waals surface area contributed by atoms with Crippen LogP contribution in [-0.4, -0.2) is 47.6 Å². The number of carbonyl (C=O) groups is 1. The lowest BCUT2D eigenvalue weighted by Crippen LogP contribution is -2.36. The molecule has 9 heteroatoms. The molecule has 1 amide bonds. The van der Waals surface area contributed by atoms with Crippen molar-refractivity contribution in [2.24, 2.45) is 0 Å². The molecule has 116 valence electrons. The number of rotatable bonds is 5. The Bertz CT molecular complexity index is 637. The van der Waals surface area contributed by atoms with Crippen molar-refractivity contribution in [1.82, 2.24) is 15.3 Å². The van der Waals surface area contributed by atoms with E-state index in [1.165, 1.54) is 18.0 Å². The summed E-state index contributed by atoms with van der Waals surface area (Å²) in [4.78, 5) is 20.4. The molecule has 1 saturated heterocycles. The highest BCUT2D eigenvalue weighted by molar-refractivity contribution is 7.99. The van der Waals surface area contributed by atoms with Gasteiger partial charge in [-0.3, -0.25) is 4.79 Å². The first-order chi connectivity index (χ1) is 9.91. The van der Waals surface area contributed by atoms with Gasteiger partial charge in [0.2, 0.25) is 0 Å². The summed E-state index contributed by atoms with van der Waals surface area (Å²) >= 11 is 7.40. The quantitative estimate of drug-likeness (QED) is 0.640. The number of carbonyl (C=O) groups excluding carboxylic acids is 1. The summed E-state index contributed by atoms with van der Waals surface area (Å²) in [5, 5.41) is 3.33. The number of thioether (sulfide) groups is 1. The summed E-state index contributed by atoms with van der Waals surface area (Å²) in [5.74, 6) is 0.470. The lowest BCUT2D eigenvalue weighted by atomic mass is 10.2. The van der Waals surface area contributed by atoms with E-state index in [0.717, 1.165) is 12.2 Å². The fraction of sp³-hybridized carbons (Fsp3) is 0.583. The van der Waals surface area contributed by atoms with Crippen LogP contribution in [0.15, 0.2) is 11.4 Å². The lowest BCUT2D eigenvalue weighted by Gasteiger charge is -2.11. The van der Waals surface area contributed by atoms with Gasteiger partial charge in [0.05, 0.1) is 22.7 Å². The molecule has 2 heterocycles. The molecule has 1 aliphatic heterocycles. The van der Waals surface area contributed by atoms with E-state index in [0.29, 0.717) is 11.6 Å². The molecular weight excluding hydrogens is 334 g/mol. The normalized spacial score (nSPS) is 20.4. The van der Waals surface area contributed by atoms with Crippen LogP contribution in [-0.2, 0) is 9.84 Å². The van der Waals surface area contributed by atoms with Gasteiger partial charge in [-0.2, -0.15) is 0 Å². The maximum Gasteiger partial charge on any atom is 0.271 e. The van der Waals surface area contributed by atoms with Crippen molar-refractivity contribution >= 4 is 39.1 Å². The van der Waals surface area contributed by atoms with Crippen LogP contribution >= 0.6 is 23.4 Å². The van der Waals surface area contributed by atoms with Gasteiger partial charge in [-0.05, 0) is 12.8 Å². The lowest BCUT2D eigenvalue weighted by molar-refractivity contribution is 0.0935. The molecule has 0 saturated carbocycles. The summed E-state index contributed by atoms with van der Waals surface area (Å²) in [5.41, 5.74) is 0.0922. The molecule has 2 rings (SSSR count). The Morgan fingerprint density at radius 2 is 2.33 bits per heavy atom. The van der Waals surface area contributed by atoms with E-state index in [9.17, 15) is 13.2 Å². The van der Waals surface area contributed by atoms with Crippen LogP contribution < -0.4 is 5.32 Å². The van der Waals surface area contributed by atoms with Gasteiger partial charge in [0, 0.05) is 11.8 Å². The zero-order valence-corrected chi connectivity index (χ0v) is 13.9. The molecule has 0 bridgehead atoms. The molecule has 0 aromatic carbocycles. The van der Waals surface area contributed by atoms with Gasteiger partial charge in [0.1, 0.15) is 0 Å². The monoisotopic (exact) mass is 349 g/mol. The van der Waals surface area contributed by atoms with Crippen molar-refractivity contribution in [3.8, 4) is 0 Å². The van der Waals surface area contributed by atoms with Crippen LogP contribution in [0, 0.1) is 0 Å². The maximum atomic E-state index is 12.2. The third-order valence-electron chi connectivity index (χ3n) is 2.94. The van der Waals surface area contributed by atoms with Crippen molar-refractivity contribution in [3.63, 3.8) is 0 Å². The minimum atomic E-state index is -3.04. The summed E-state index contributed by atoms with van der Waals surface area (Å²) in [7, 11) is -3.04. The average Bonchev–Trinajstić information content (AvgIpc) is 2.76. The van der Waals surface area contributed by atoms with Crippen LogP contribution in [0.1, 0.15) is 30.3 Å². The molecule has 1 aliphatic rings. The number of nitrogens with one attached hydrogen (secondary N) is 1. The first-order valence-electron chi connectivity index (χ1n) is 6.58. The van der Waals surface area contributed by atoms with Gasteiger partial charge in [0.15, 0.2) is 20.7 Å². The van der Waals surface area contributed by atoms with Crippen LogP contribution in [0.2, 0.25) is 5.02 Å². The Hall–Kier alpha value is -0.860. The standard InChI is InChI=1S/C12H16ClN3O3S2/c1-2-4-20-12-14-6-9(13)10(16-12)11(17)15-8-3-5-21(18,19)7-8/h6,8H,2-5,7H2,1H3,(H,15,17)/t8-/m1/s1.